The number of hydrogen-bond acceptors (Lipinski definition) is 6. The van der Waals surface area contributed by atoms with Crippen LogP contribution in [0.4, 0.5) is 21.8 Å². The van der Waals surface area contributed by atoms with Crippen LogP contribution in [0.5, 0.6) is 0 Å². The molecule has 0 bridgehead atoms. The Kier molecular flexibility index (Phi) is 5.88. The molecule has 0 aliphatic rings. The van der Waals surface area contributed by atoms with Gasteiger partial charge in [-0.15, -0.1) is 10.2 Å². The minimum atomic E-state index is -0.393. The Hall–Kier alpha value is -3.55. The Morgan fingerprint density at radius 3 is 2.52 bits per heavy atom. The molecular formula is C19H19FN6O. The molecule has 1 amide bonds. The average molecular weight is 366 g/mol. The summed E-state index contributed by atoms with van der Waals surface area (Å²) in [6.07, 6.45) is 1.69. The molecule has 1 aromatic carbocycles. The summed E-state index contributed by atoms with van der Waals surface area (Å²) in [5.74, 6) is 1.13. The van der Waals surface area contributed by atoms with Crippen LogP contribution in [0.25, 0.3) is 0 Å². The van der Waals surface area contributed by atoms with Gasteiger partial charge in [-0.05, 0) is 48.9 Å². The Bertz CT molecular complexity index is 902. The third kappa shape index (κ3) is 5.21. The third-order valence-electron chi connectivity index (χ3n) is 3.74. The Balaban J connectivity index is 1.43. The van der Waals surface area contributed by atoms with Gasteiger partial charge >= 0.3 is 0 Å². The van der Waals surface area contributed by atoms with Gasteiger partial charge in [-0.3, -0.25) is 4.79 Å². The first-order chi connectivity index (χ1) is 13.1. The van der Waals surface area contributed by atoms with Gasteiger partial charge in [-0.25, -0.2) is 9.37 Å². The maximum atomic E-state index is 13.5. The van der Waals surface area contributed by atoms with Gasteiger partial charge < -0.3 is 16.0 Å². The highest BCUT2D eigenvalue weighted by Crippen LogP contribution is 2.11. The van der Waals surface area contributed by atoms with Crippen molar-refractivity contribution in [3.05, 3.63) is 71.7 Å². The minimum absolute atomic E-state index is 0.294. The molecule has 3 rings (SSSR count). The lowest BCUT2D eigenvalue weighted by Crippen LogP contribution is -2.29. The minimum Gasteiger partial charge on any atom is -0.367 e. The van der Waals surface area contributed by atoms with Crippen LogP contribution in [0.3, 0.4) is 0 Å². The summed E-state index contributed by atoms with van der Waals surface area (Å²) in [5.41, 5.74) is 0.801. The molecule has 0 radical (unpaired) electrons. The van der Waals surface area contributed by atoms with Crippen LogP contribution in [0.15, 0.2) is 54.7 Å². The van der Waals surface area contributed by atoms with Crippen LogP contribution in [-0.4, -0.2) is 34.2 Å². The molecule has 0 fully saturated rings. The summed E-state index contributed by atoms with van der Waals surface area (Å²) in [4.78, 5) is 16.1. The fourth-order valence-corrected chi connectivity index (χ4v) is 2.26. The van der Waals surface area contributed by atoms with E-state index in [1.165, 1.54) is 6.07 Å². The number of nitrogens with one attached hydrogen (secondary N) is 3. The second-order valence-corrected chi connectivity index (χ2v) is 5.79. The molecule has 3 aromatic rings. The summed E-state index contributed by atoms with van der Waals surface area (Å²) in [7, 11) is 0. The van der Waals surface area contributed by atoms with Crippen molar-refractivity contribution < 1.29 is 9.18 Å². The van der Waals surface area contributed by atoms with Gasteiger partial charge in [-0.2, -0.15) is 0 Å². The van der Waals surface area contributed by atoms with E-state index in [0.717, 1.165) is 0 Å². The summed E-state index contributed by atoms with van der Waals surface area (Å²) in [6.45, 7) is 2.48. The van der Waals surface area contributed by atoms with E-state index in [9.17, 15) is 9.18 Å². The quantitative estimate of drug-likeness (QED) is 0.557. The zero-order chi connectivity index (χ0) is 19.1. The van der Waals surface area contributed by atoms with E-state index in [1.54, 1.807) is 37.4 Å². The molecule has 0 unspecified atom stereocenters. The summed E-state index contributed by atoms with van der Waals surface area (Å²) >= 11 is 0. The molecule has 0 spiro atoms. The van der Waals surface area contributed by atoms with Crippen LogP contribution < -0.4 is 16.0 Å². The zero-order valence-corrected chi connectivity index (χ0v) is 14.7. The highest BCUT2D eigenvalue weighted by Gasteiger charge is 2.07. The number of carbonyl (C=O) groups excluding carboxylic acids is 1. The predicted octanol–water partition coefficient (Wildman–Crippen LogP) is 2.90. The first-order valence-electron chi connectivity index (χ1n) is 8.42. The van der Waals surface area contributed by atoms with Gasteiger partial charge in [-0.1, -0.05) is 12.1 Å². The van der Waals surface area contributed by atoms with Crippen molar-refractivity contribution in [2.45, 2.75) is 6.92 Å². The summed E-state index contributed by atoms with van der Waals surface area (Å²) < 4.78 is 13.5. The van der Waals surface area contributed by atoms with E-state index in [1.807, 2.05) is 18.2 Å². The lowest BCUT2D eigenvalue weighted by atomic mass is 10.1. The van der Waals surface area contributed by atoms with Crippen LogP contribution >= 0.6 is 0 Å². The second-order valence-electron chi connectivity index (χ2n) is 5.79. The van der Waals surface area contributed by atoms with E-state index in [2.05, 4.69) is 31.1 Å². The van der Waals surface area contributed by atoms with Crippen LogP contribution in [0.1, 0.15) is 15.9 Å². The largest absolute Gasteiger partial charge is 0.367 e. The normalized spacial score (nSPS) is 10.3. The fourth-order valence-electron chi connectivity index (χ4n) is 2.26. The number of halogens is 1. The number of amides is 1. The molecule has 27 heavy (non-hydrogen) atoms. The van der Waals surface area contributed by atoms with Gasteiger partial charge in [0.25, 0.3) is 5.91 Å². The highest BCUT2D eigenvalue weighted by molar-refractivity contribution is 5.94. The van der Waals surface area contributed by atoms with E-state index in [-0.39, 0.29) is 5.91 Å². The van der Waals surface area contributed by atoms with Crippen molar-refractivity contribution in [2.75, 3.05) is 23.7 Å². The third-order valence-corrected chi connectivity index (χ3v) is 3.74. The first-order valence-corrected chi connectivity index (χ1v) is 8.42. The number of rotatable bonds is 7. The molecule has 2 heterocycles. The number of hydrogen-bond donors (Lipinski definition) is 3. The fraction of sp³-hybridized carbons (Fsp3) is 0.158. The summed E-state index contributed by atoms with van der Waals surface area (Å²) in [6, 6.07) is 13.5. The Labute approximate surface area is 156 Å². The maximum Gasteiger partial charge on any atom is 0.251 e. The van der Waals surface area contributed by atoms with E-state index >= 15 is 0 Å². The molecule has 0 atom stereocenters. The zero-order valence-electron chi connectivity index (χ0n) is 14.7. The number of carbonyl (C=O) groups is 1. The van der Waals surface area contributed by atoms with Crippen molar-refractivity contribution in [1.29, 1.82) is 0 Å². The Morgan fingerprint density at radius 1 is 1.00 bits per heavy atom. The number of aromatic nitrogens is 3. The molecule has 0 aliphatic carbocycles. The standard InChI is InChI=1S/C19H19FN6O/c1-13-5-6-14(12-15(13)20)19(27)23-11-10-22-17-7-8-18(26-25-17)24-16-4-2-3-9-21-16/h2-9,12H,10-11H2,1H3,(H,22,25)(H,23,27)(H,21,24,26). The monoisotopic (exact) mass is 366 g/mol. The van der Waals surface area contributed by atoms with Crippen molar-refractivity contribution in [3.63, 3.8) is 0 Å². The van der Waals surface area contributed by atoms with Crippen LogP contribution in [0.2, 0.25) is 0 Å². The smallest absolute Gasteiger partial charge is 0.251 e. The molecule has 0 saturated heterocycles. The lowest BCUT2D eigenvalue weighted by Gasteiger charge is -2.08. The van der Waals surface area contributed by atoms with Crippen LogP contribution in [0, 0.1) is 12.7 Å². The summed E-state index contributed by atoms with van der Waals surface area (Å²) in [5, 5.41) is 16.9. The maximum absolute atomic E-state index is 13.5. The van der Waals surface area contributed by atoms with Crippen molar-refractivity contribution in [2.24, 2.45) is 0 Å². The topological polar surface area (TPSA) is 91.8 Å². The number of benzene rings is 1. The number of nitrogens with zero attached hydrogens (tertiary/aromatic N) is 3. The SMILES string of the molecule is Cc1ccc(C(=O)NCCNc2ccc(Nc3ccccn3)nn2)cc1F. The van der Waals surface area contributed by atoms with Crippen molar-refractivity contribution in [1.82, 2.24) is 20.5 Å². The number of aryl methyl sites for hydroxylation is 1. The average Bonchev–Trinajstić information content (AvgIpc) is 2.69. The molecule has 8 heteroatoms. The molecule has 0 aliphatic heterocycles. The molecule has 138 valence electrons. The van der Waals surface area contributed by atoms with E-state index < -0.39 is 5.82 Å². The highest BCUT2D eigenvalue weighted by atomic mass is 19.1. The van der Waals surface area contributed by atoms with E-state index in [0.29, 0.717) is 41.7 Å². The molecule has 3 N–H and O–H groups in total. The second kappa shape index (κ2) is 8.70. The number of anilines is 3. The Morgan fingerprint density at radius 2 is 1.81 bits per heavy atom. The van der Waals surface area contributed by atoms with Gasteiger partial charge in [0, 0.05) is 24.8 Å². The first kappa shape index (κ1) is 18.2. The molecule has 2 aromatic heterocycles. The van der Waals surface area contributed by atoms with Gasteiger partial charge in [0.1, 0.15) is 17.5 Å². The van der Waals surface area contributed by atoms with Crippen LogP contribution in [-0.2, 0) is 0 Å². The molecular weight excluding hydrogens is 347 g/mol. The van der Waals surface area contributed by atoms with Crippen molar-refractivity contribution in [3.8, 4) is 0 Å². The van der Waals surface area contributed by atoms with E-state index in [4.69, 9.17) is 0 Å². The molecule has 0 saturated carbocycles. The molecule has 7 nitrogen and oxygen atoms in total. The number of pyridine rings is 1. The van der Waals surface area contributed by atoms with Gasteiger partial charge in [0.2, 0.25) is 0 Å². The van der Waals surface area contributed by atoms with Gasteiger partial charge in [0.15, 0.2) is 5.82 Å². The van der Waals surface area contributed by atoms with Gasteiger partial charge in [0.05, 0.1) is 0 Å². The van der Waals surface area contributed by atoms with Crippen molar-refractivity contribution >= 4 is 23.4 Å². The lowest BCUT2D eigenvalue weighted by molar-refractivity contribution is 0.0954. The predicted molar refractivity (Wildman–Crippen MR) is 102 cm³/mol.